The third kappa shape index (κ3) is 4.01. The van der Waals surface area contributed by atoms with Crippen molar-refractivity contribution in [2.24, 2.45) is 0 Å². The lowest BCUT2D eigenvalue weighted by molar-refractivity contribution is 0.0364. The predicted octanol–water partition coefficient (Wildman–Crippen LogP) is 1.25. The first-order valence-corrected chi connectivity index (χ1v) is 7.13. The number of piperazine rings is 1. The van der Waals surface area contributed by atoms with Crippen molar-refractivity contribution in [3.05, 3.63) is 35.9 Å². The van der Waals surface area contributed by atoms with Crippen LogP contribution in [0.15, 0.2) is 30.3 Å². The maximum Gasteiger partial charge on any atom is 0.0956 e. The van der Waals surface area contributed by atoms with E-state index in [9.17, 15) is 5.11 Å². The van der Waals surface area contributed by atoms with Crippen LogP contribution in [0.2, 0.25) is 0 Å². The average molecular weight is 263 g/mol. The van der Waals surface area contributed by atoms with Gasteiger partial charge in [-0.1, -0.05) is 37.3 Å². The van der Waals surface area contributed by atoms with Gasteiger partial charge in [-0.2, -0.15) is 0 Å². The van der Waals surface area contributed by atoms with Gasteiger partial charge in [0.05, 0.1) is 12.1 Å². The van der Waals surface area contributed by atoms with E-state index in [0.29, 0.717) is 0 Å². The van der Waals surface area contributed by atoms with Crippen LogP contribution in [0.1, 0.15) is 25.0 Å². The van der Waals surface area contributed by atoms with Crippen molar-refractivity contribution < 1.29 is 5.11 Å². The zero-order chi connectivity index (χ0) is 13.7. The predicted molar refractivity (Wildman–Crippen MR) is 77.7 cm³/mol. The number of hydrogen-bond acceptors (Lipinski definition) is 4. The van der Waals surface area contributed by atoms with Gasteiger partial charge in [0.2, 0.25) is 0 Å². The number of aliphatic hydroxyl groups excluding tert-OH is 1. The lowest BCUT2D eigenvalue weighted by Crippen LogP contribution is -2.54. The van der Waals surface area contributed by atoms with Crippen LogP contribution in [0, 0.1) is 0 Å². The van der Waals surface area contributed by atoms with Gasteiger partial charge < -0.3 is 10.0 Å². The molecule has 0 radical (unpaired) electrons. The lowest BCUT2D eigenvalue weighted by Gasteiger charge is -2.36. The molecule has 1 aliphatic heterocycles. The summed E-state index contributed by atoms with van der Waals surface area (Å²) in [5.41, 5.74) is 4.46. The Bertz CT molecular complexity index is 363. The smallest absolute Gasteiger partial charge is 0.0956 e. The Hall–Kier alpha value is -0.940. The minimum absolute atomic E-state index is 0.0748. The highest BCUT2D eigenvalue weighted by Gasteiger charge is 2.22. The standard InChI is InChI=1S/C15H25N3O/c1-3-14(15(19)13-7-5-4-6-8-13)16-18-11-9-17(2)10-12-18/h4-8,14-16,19H,3,9-12H2,1-2H3. The maximum atomic E-state index is 10.5. The van der Waals surface area contributed by atoms with Crippen LogP contribution in [0.3, 0.4) is 0 Å². The van der Waals surface area contributed by atoms with Gasteiger partial charge in [-0.05, 0) is 19.0 Å². The van der Waals surface area contributed by atoms with Gasteiger partial charge >= 0.3 is 0 Å². The van der Waals surface area contributed by atoms with E-state index in [2.05, 4.69) is 29.3 Å². The fourth-order valence-electron chi connectivity index (χ4n) is 2.44. The van der Waals surface area contributed by atoms with Crippen LogP contribution in [0.25, 0.3) is 0 Å². The third-order valence-electron chi connectivity index (χ3n) is 3.81. The molecule has 0 bridgehead atoms. The molecule has 2 N–H and O–H groups in total. The molecule has 0 amide bonds. The highest BCUT2D eigenvalue weighted by atomic mass is 16.3. The van der Waals surface area contributed by atoms with Crippen LogP contribution in [-0.4, -0.2) is 54.3 Å². The van der Waals surface area contributed by atoms with Crippen LogP contribution >= 0.6 is 0 Å². The average Bonchev–Trinajstić information content (AvgIpc) is 2.47. The van der Waals surface area contributed by atoms with Crippen molar-refractivity contribution in [3.8, 4) is 0 Å². The minimum Gasteiger partial charge on any atom is -0.387 e. The number of nitrogens with one attached hydrogen (secondary N) is 1. The fourth-order valence-corrected chi connectivity index (χ4v) is 2.44. The number of likely N-dealkylation sites (N-methyl/N-ethyl adjacent to an activating group) is 1. The highest BCUT2D eigenvalue weighted by molar-refractivity contribution is 5.18. The summed E-state index contributed by atoms with van der Waals surface area (Å²) in [5.74, 6) is 0. The van der Waals surface area contributed by atoms with Crippen LogP contribution in [0.5, 0.6) is 0 Å². The van der Waals surface area contributed by atoms with E-state index in [4.69, 9.17) is 0 Å². The maximum absolute atomic E-state index is 10.5. The lowest BCUT2D eigenvalue weighted by atomic mass is 10.0. The zero-order valence-electron chi connectivity index (χ0n) is 11.9. The number of hydrazine groups is 1. The van der Waals surface area contributed by atoms with E-state index >= 15 is 0 Å². The molecule has 19 heavy (non-hydrogen) atoms. The number of nitrogens with zero attached hydrogens (tertiary/aromatic N) is 2. The first-order chi connectivity index (χ1) is 9.20. The normalized spacial score (nSPS) is 21.2. The molecule has 2 atom stereocenters. The Balaban J connectivity index is 1.92. The number of rotatable bonds is 5. The van der Waals surface area contributed by atoms with Crippen molar-refractivity contribution >= 4 is 0 Å². The van der Waals surface area contributed by atoms with Crippen molar-refractivity contribution in [1.29, 1.82) is 0 Å². The van der Waals surface area contributed by atoms with Gasteiger partial charge in [-0.15, -0.1) is 0 Å². The molecule has 0 saturated carbocycles. The summed E-state index contributed by atoms with van der Waals surface area (Å²) in [5, 5.41) is 12.7. The number of aliphatic hydroxyl groups is 1. The molecule has 0 spiro atoms. The largest absolute Gasteiger partial charge is 0.387 e. The second-order valence-corrected chi connectivity index (χ2v) is 5.29. The molecule has 1 fully saturated rings. The molecule has 1 saturated heterocycles. The summed E-state index contributed by atoms with van der Waals surface area (Å²) in [7, 11) is 2.15. The molecule has 0 aromatic heterocycles. The third-order valence-corrected chi connectivity index (χ3v) is 3.81. The van der Waals surface area contributed by atoms with Crippen LogP contribution in [-0.2, 0) is 0 Å². The first-order valence-electron chi connectivity index (χ1n) is 7.13. The molecule has 2 unspecified atom stereocenters. The minimum atomic E-state index is -0.453. The summed E-state index contributed by atoms with van der Waals surface area (Å²) < 4.78 is 0. The summed E-state index contributed by atoms with van der Waals surface area (Å²) >= 11 is 0. The SMILES string of the molecule is CCC(NN1CCN(C)CC1)C(O)c1ccccc1. The summed E-state index contributed by atoms with van der Waals surface area (Å²) in [6.07, 6.45) is 0.452. The quantitative estimate of drug-likeness (QED) is 0.838. The van der Waals surface area contributed by atoms with Crippen molar-refractivity contribution in [2.75, 3.05) is 33.2 Å². The Morgan fingerprint density at radius 1 is 1.16 bits per heavy atom. The molecule has 1 aromatic carbocycles. The Labute approximate surface area is 116 Å². The van der Waals surface area contributed by atoms with Crippen LogP contribution in [0.4, 0.5) is 0 Å². The van der Waals surface area contributed by atoms with Crippen molar-refractivity contribution in [1.82, 2.24) is 15.3 Å². The van der Waals surface area contributed by atoms with E-state index in [0.717, 1.165) is 38.2 Å². The van der Waals surface area contributed by atoms with E-state index in [1.165, 1.54) is 0 Å². The van der Waals surface area contributed by atoms with E-state index < -0.39 is 6.10 Å². The molecular formula is C15H25N3O. The topological polar surface area (TPSA) is 38.7 Å². The molecule has 4 nitrogen and oxygen atoms in total. The van der Waals surface area contributed by atoms with E-state index in [-0.39, 0.29) is 6.04 Å². The Morgan fingerprint density at radius 2 is 1.79 bits per heavy atom. The van der Waals surface area contributed by atoms with Crippen molar-refractivity contribution in [3.63, 3.8) is 0 Å². The second-order valence-electron chi connectivity index (χ2n) is 5.29. The van der Waals surface area contributed by atoms with Crippen LogP contribution < -0.4 is 5.43 Å². The van der Waals surface area contributed by atoms with E-state index in [1.54, 1.807) is 0 Å². The first kappa shape index (κ1) is 14.5. The molecule has 1 aromatic rings. The molecule has 1 aliphatic rings. The monoisotopic (exact) mass is 263 g/mol. The fraction of sp³-hybridized carbons (Fsp3) is 0.600. The Morgan fingerprint density at radius 3 is 2.37 bits per heavy atom. The number of hydrogen-bond donors (Lipinski definition) is 2. The van der Waals surface area contributed by atoms with Gasteiger partial charge in [0.15, 0.2) is 0 Å². The van der Waals surface area contributed by atoms with Gasteiger partial charge in [-0.3, -0.25) is 0 Å². The molecule has 2 rings (SSSR count). The summed E-state index contributed by atoms with van der Waals surface area (Å²) in [6, 6.07) is 9.97. The molecule has 106 valence electrons. The molecule has 0 aliphatic carbocycles. The van der Waals surface area contributed by atoms with Gasteiger partial charge in [-0.25, -0.2) is 10.4 Å². The van der Waals surface area contributed by atoms with E-state index in [1.807, 2.05) is 30.3 Å². The summed E-state index contributed by atoms with van der Waals surface area (Å²) in [6.45, 7) is 6.28. The summed E-state index contributed by atoms with van der Waals surface area (Å²) in [4.78, 5) is 2.33. The number of benzene rings is 1. The zero-order valence-corrected chi connectivity index (χ0v) is 11.9. The van der Waals surface area contributed by atoms with Crippen molar-refractivity contribution in [2.45, 2.75) is 25.5 Å². The second kappa shape index (κ2) is 7.01. The Kier molecular flexibility index (Phi) is 5.34. The molecular weight excluding hydrogens is 238 g/mol. The molecule has 4 heteroatoms. The molecule has 1 heterocycles. The van der Waals surface area contributed by atoms with Gasteiger partial charge in [0.1, 0.15) is 0 Å². The van der Waals surface area contributed by atoms with Gasteiger partial charge in [0, 0.05) is 26.2 Å². The highest BCUT2D eigenvalue weighted by Crippen LogP contribution is 2.19. The van der Waals surface area contributed by atoms with Gasteiger partial charge in [0.25, 0.3) is 0 Å².